The van der Waals surface area contributed by atoms with Gasteiger partial charge in [-0.2, -0.15) is 5.48 Å². The van der Waals surface area contributed by atoms with Crippen LogP contribution in [0.2, 0.25) is 0 Å². The van der Waals surface area contributed by atoms with E-state index in [4.69, 9.17) is 0 Å². The predicted molar refractivity (Wildman–Crippen MR) is 45.0 cm³/mol. The Bertz CT molecular complexity index is 263. The van der Waals surface area contributed by atoms with E-state index in [1.807, 2.05) is 6.92 Å². The zero-order valence-corrected chi connectivity index (χ0v) is 7.23. The lowest BCUT2D eigenvalue weighted by molar-refractivity contribution is 0.0859. The monoisotopic (exact) mass is 169 g/mol. The molecule has 12 heavy (non-hydrogen) atoms. The minimum Gasteiger partial charge on any atom is -0.305 e. The van der Waals surface area contributed by atoms with Crippen LogP contribution in [0.4, 0.5) is 4.39 Å². The number of aryl methyl sites for hydroxylation is 1. The van der Waals surface area contributed by atoms with Crippen molar-refractivity contribution in [1.82, 2.24) is 5.48 Å². The summed E-state index contributed by atoms with van der Waals surface area (Å²) in [5.41, 5.74) is 4.26. The van der Waals surface area contributed by atoms with Crippen LogP contribution in [0.1, 0.15) is 11.1 Å². The molecule has 0 aliphatic carbocycles. The number of hydroxylamine groups is 1. The topological polar surface area (TPSA) is 21.3 Å². The fraction of sp³-hybridized carbons (Fsp3) is 0.333. The molecule has 1 rings (SSSR count). The molecule has 66 valence electrons. The van der Waals surface area contributed by atoms with Gasteiger partial charge in [0.2, 0.25) is 0 Å². The molecular weight excluding hydrogens is 157 g/mol. The molecule has 0 aliphatic heterocycles. The number of rotatable bonds is 3. The van der Waals surface area contributed by atoms with Crippen LogP contribution in [0.3, 0.4) is 0 Å². The Morgan fingerprint density at radius 1 is 1.50 bits per heavy atom. The highest BCUT2D eigenvalue weighted by atomic mass is 19.1. The van der Waals surface area contributed by atoms with Crippen molar-refractivity contribution in [3.8, 4) is 0 Å². The Kier molecular flexibility index (Phi) is 3.19. The molecule has 0 heterocycles. The minimum absolute atomic E-state index is 0.204. The van der Waals surface area contributed by atoms with Crippen molar-refractivity contribution in [2.24, 2.45) is 0 Å². The van der Waals surface area contributed by atoms with Gasteiger partial charge >= 0.3 is 0 Å². The summed E-state index contributed by atoms with van der Waals surface area (Å²) in [7, 11) is 1.51. The van der Waals surface area contributed by atoms with Gasteiger partial charge in [-0.25, -0.2) is 4.39 Å². The van der Waals surface area contributed by atoms with Crippen LogP contribution >= 0.6 is 0 Å². The first-order valence-electron chi connectivity index (χ1n) is 3.75. The second kappa shape index (κ2) is 4.18. The molecule has 0 saturated carbocycles. The van der Waals surface area contributed by atoms with Crippen molar-refractivity contribution in [3.63, 3.8) is 0 Å². The molecule has 1 aromatic rings. The lowest BCUT2D eigenvalue weighted by Crippen LogP contribution is -2.12. The van der Waals surface area contributed by atoms with E-state index in [1.165, 1.54) is 13.2 Å². The lowest BCUT2D eigenvalue weighted by Gasteiger charge is -2.04. The van der Waals surface area contributed by atoms with Crippen molar-refractivity contribution < 1.29 is 9.23 Å². The summed E-state index contributed by atoms with van der Waals surface area (Å²) < 4.78 is 13.0. The molecule has 1 aromatic carbocycles. The van der Waals surface area contributed by atoms with Gasteiger partial charge in [0.15, 0.2) is 0 Å². The Morgan fingerprint density at radius 3 is 2.92 bits per heavy atom. The minimum atomic E-state index is -0.204. The van der Waals surface area contributed by atoms with Crippen LogP contribution in [0, 0.1) is 12.7 Å². The Morgan fingerprint density at radius 2 is 2.25 bits per heavy atom. The molecule has 0 bridgehead atoms. The zero-order chi connectivity index (χ0) is 8.97. The molecule has 0 saturated heterocycles. The smallest absolute Gasteiger partial charge is 0.127 e. The van der Waals surface area contributed by atoms with E-state index in [9.17, 15) is 4.39 Å². The largest absolute Gasteiger partial charge is 0.305 e. The maximum absolute atomic E-state index is 13.0. The summed E-state index contributed by atoms with van der Waals surface area (Å²) in [6.45, 7) is 2.32. The Labute approximate surface area is 71.3 Å². The maximum Gasteiger partial charge on any atom is 0.127 e. The highest BCUT2D eigenvalue weighted by molar-refractivity contribution is 5.23. The molecule has 2 nitrogen and oxygen atoms in total. The molecule has 0 aromatic heterocycles. The van der Waals surface area contributed by atoms with E-state index in [2.05, 4.69) is 10.3 Å². The predicted octanol–water partition coefficient (Wildman–Crippen LogP) is 1.79. The van der Waals surface area contributed by atoms with Crippen LogP contribution in [0.5, 0.6) is 0 Å². The summed E-state index contributed by atoms with van der Waals surface area (Å²) >= 11 is 0. The van der Waals surface area contributed by atoms with E-state index in [1.54, 1.807) is 12.1 Å². The Balaban J connectivity index is 2.75. The van der Waals surface area contributed by atoms with E-state index in [0.717, 1.165) is 5.56 Å². The van der Waals surface area contributed by atoms with Crippen LogP contribution in [-0.2, 0) is 11.4 Å². The zero-order valence-electron chi connectivity index (χ0n) is 7.23. The first-order chi connectivity index (χ1) is 5.74. The lowest BCUT2D eigenvalue weighted by atomic mass is 10.1. The van der Waals surface area contributed by atoms with Crippen LogP contribution in [0.15, 0.2) is 18.2 Å². The van der Waals surface area contributed by atoms with Gasteiger partial charge in [-0.15, -0.1) is 0 Å². The summed E-state index contributed by atoms with van der Waals surface area (Å²) in [6, 6.07) is 5.00. The first kappa shape index (κ1) is 9.16. The van der Waals surface area contributed by atoms with Crippen molar-refractivity contribution in [2.45, 2.75) is 13.5 Å². The average molecular weight is 169 g/mol. The second-order valence-electron chi connectivity index (χ2n) is 2.62. The molecule has 0 unspecified atom stereocenters. The van der Waals surface area contributed by atoms with Gasteiger partial charge in [0.25, 0.3) is 0 Å². The molecule has 0 fully saturated rings. The van der Waals surface area contributed by atoms with E-state index >= 15 is 0 Å². The quantitative estimate of drug-likeness (QED) is 0.696. The van der Waals surface area contributed by atoms with Gasteiger partial charge in [-0.3, -0.25) is 0 Å². The third-order valence-corrected chi connectivity index (χ3v) is 1.61. The van der Waals surface area contributed by atoms with Gasteiger partial charge in [0.05, 0.1) is 7.11 Å². The summed E-state index contributed by atoms with van der Waals surface area (Å²) in [6.07, 6.45) is 0. The first-order valence-corrected chi connectivity index (χ1v) is 3.75. The van der Waals surface area contributed by atoms with E-state index in [-0.39, 0.29) is 5.82 Å². The molecule has 0 amide bonds. The van der Waals surface area contributed by atoms with Crippen molar-refractivity contribution in [2.75, 3.05) is 7.11 Å². The van der Waals surface area contributed by atoms with Crippen molar-refractivity contribution in [3.05, 3.63) is 35.1 Å². The summed E-state index contributed by atoms with van der Waals surface area (Å²) in [5.74, 6) is -0.204. The highest BCUT2D eigenvalue weighted by Crippen LogP contribution is 2.09. The molecule has 0 radical (unpaired) electrons. The number of nitrogens with one attached hydrogen (secondary N) is 1. The van der Waals surface area contributed by atoms with E-state index in [0.29, 0.717) is 12.1 Å². The van der Waals surface area contributed by atoms with Crippen molar-refractivity contribution in [1.29, 1.82) is 0 Å². The summed E-state index contributed by atoms with van der Waals surface area (Å²) in [4.78, 5) is 4.62. The standard InChI is InChI=1S/C9H12FNO/c1-7-3-4-9(10)8(5-7)6-11-12-2/h3-5,11H,6H2,1-2H3. The van der Waals surface area contributed by atoms with Crippen LogP contribution in [-0.4, -0.2) is 7.11 Å². The van der Waals surface area contributed by atoms with Crippen molar-refractivity contribution >= 4 is 0 Å². The molecular formula is C9H12FNO. The maximum atomic E-state index is 13.0. The number of benzene rings is 1. The second-order valence-corrected chi connectivity index (χ2v) is 2.62. The highest BCUT2D eigenvalue weighted by Gasteiger charge is 2.00. The van der Waals surface area contributed by atoms with Gasteiger partial charge in [0, 0.05) is 12.1 Å². The number of hydrogen-bond donors (Lipinski definition) is 1. The van der Waals surface area contributed by atoms with Gasteiger partial charge in [-0.1, -0.05) is 17.7 Å². The fourth-order valence-corrected chi connectivity index (χ4v) is 0.989. The molecule has 1 N–H and O–H groups in total. The fourth-order valence-electron chi connectivity index (χ4n) is 0.989. The Hall–Kier alpha value is -0.930. The van der Waals surface area contributed by atoms with Crippen LogP contribution < -0.4 is 5.48 Å². The SMILES string of the molecule is CONCc1cc(C)ccc1F. The third-order valence-electron chi connectivity index (χ3n) is 1.61. The molecule has 0 atom stereocenters. The van der Waals surface area contributed by atoms with E-state index < -0.39 is 0 Å². The van der Waals surface area contributed by atoms with Gasteiger partial charge in [-0.05, 0) is 13.0 Å². The van der Waals surface area contributed by atoms with Gasteiger partial charge < -0.3 is 4.84 Å². The average Bonchev–Trinajstić information content (AvgIpc) is 2.07. The van der Waals surface area contributed by atoms with Gasteiger partial charge in [0.1, 0.15) is 5.82 Å². The number of hydrogen-bond acceptors (Lipinski definition) is 2. The number of halogens is 1. The summed E-state index contributed by atoms with van der Waals surface area (Å²) in [5, 5.41) is 0. The normalized spacial score (nSPS) is 10.2. The molecule has 3 heteroatoms. The molecule has 0 aliphatic rings. The molecule has 0 spiro atoms. The third kappa shape index (κ3) is 2.29. The van der Waals surface area contributed by atoms with Crippen LogP contribution in [0.25, 0.3) is 0 Å².